The van der Waals surface area contributed by atoms with Gasteiger partial charge in [0.1, 0.15) is 5.75 Å². The summed E-state index contributed by atoms with van der Waals surface area (Å²) in [5.41, 5.74) is 1.28. The summed E-state index contributed by atoms with van der Waals surface area (Å²) in [6.07, 6.45) is 3.81. The Morgan fingerprint density at radius 3 is 2.67 bits per heavy atom. The molecule has 1 aromatic rings. The molecule has 1 fully saturated rings. The maximum atomic E-state index is 5.55. The van der Waals surface area contributed by atoms with E-state index in [1.807, 2.05) is 6.07 Å². The number of likely N-dealkylation sites (tertiary alicyclic amines) is 1. The molecule has 1 unspecified atom stereocenters. The lowest BCUT2D eigenvalue weighted by Gasteiger charge is -2.34. The molecule has 1 aliphatic heterocycles. The molecule has 0 amide bonds. The average molecular weight is 290 g/mol. The molecule has 1 atom stereocenters. The van der Waals surface area contributed by atoms with Gasteiger partial charge in [0, 0.05) is 18.2 Å². The monoisotopic (exact) mass is 290 g/mol. The number of benzene rings is 1. The van der Waals surface area contributed by atoms with Crippen molar-refractivity contribution in [2.24, 2.45) is 5.92 Å². The molecule has 1 aliphatic rings. The second-order valence-corrected chi connectivity index (χ2v) is 6.23. The van der Waals surface area contributed by atoms with Crippen molar-refractivity contribution in [3.63, 3.8) is 0 Å². The third-order valence-corrected chi connectivity index (χ3v) is 4.47. The average Bonchev–Trinajstić information content (AvgIpc) is 2.53. The zero-order valence-electron chi connectivity index (χ0n) is 13.8. The highest BCUT2D eigenvalue weighted by molar-refractivity contribution is 5.36. The second kappa shape index (κ2) is 8.40. The number of ether oxygens (including phenoxy) is 1. The number of rotatable bonds is 7. The van der Waals surface area contributed by atoms with Crippen LogP contribution in [0.25, 0.3) is 0 Å². The van der Waals surface area contributed by atoms with E-state index >= 15 is 0 Å². The molecule has 0 radical (unpaired) electrons. The minimum absolute atomic E-state index is 0.356. The molecule has 21 heavy (non-hydrogen) atoms. The molecular formula is C18H30N2O. The number of hydrogen-bond acceptors (Lipinski definition) is 3. The van der Waals surface area contributed by atoms with Gasteiger partial charge in [0.15, 0.2) is 0 Å². The van der Waals surface area contributed by atoms with Crippen molar-refractivity contribution in [3.8, 4) is 5.75 Å². The lowest BCUT2D eigenvalue weighted by molar-refractivity contribution is 0.174. The van der Waals surface area contributed by atoms with Crippen molar-refractivity contribution in [3.05, 3.63) is 29.8 Å². The molecule has 0 aromatic heterocycles. The zero-order valence-corrected chi connectivity index (χ0v) is 13.8. The van der Waals surface area contributed by atoms with Gasteiger partial charge >= 0.3 is 0 Å². The van der Waals surface area contributed by atoms with Crippen LogP contribution in [0.15, 0.2) is 24.3 Å². The Bertz CT molecular complexity index is 413. The fraction of sp³-hybridized carbons (Fsp3) is 0.667. The van der Waals surface area contributed by atoms with Gasteiger partial charge in [-0.05, 0) is 50.9 Å². The molecule has 1 N–H and O–H groups in total. The molecule has 118 valence electrons. The largest absolute Gasteiger partial charge is 0.496 e. The highest BCUT2D eigenvalue weighted by Gasteiger charge is 2.21. The molecular weight excluding hydrogens is 260 g/mol. The molecule has 1 saturated heterocycles. The zero-order chi connectivity index (χ0) is 15.1. The van der Waals surface area contributed by atoms with Crippen LogP contribution in [-0.4, -0.2) is 38.2 Å². The van der Waals surface area contributed by atoms with Gasteiger partial charge in [-0.1, -0.05) is 32.0 Å². The van der Waals surface area contributed by atoms with Crippen LogP contribution in [0.3, 0.4) is 0 Å². The van der Waals surface area contributed by atoms with Crippen LogP contribution >= 0.6 is 0 Å². The van der Waals surface area contributed by atoms with Crippen LogP contribution < -0.4 is 10.1 Å². The molecule has 1 heterocycles. The third-order valence-electron chi connectivity index (χ3n) is 4.47. The highest BCUT2D eigenvalue weighted by Crippen LogP contribution is 2.27. The van der Waals surface area contributed by atoms with E-state index in [-0.39, 0.29) is 0 Å². The Morgan fingerprint density at radius 2 is 2.00 bits per heavy atom. The number of methoxy groups -OCH3 is 1. The van der Waals surface area contributed by atoms with Gasteiger partial charge in [0.25, 0.3) is 0 Å². The van der Waals surface area contributed by atoms with E-state index in [0.717, 1.165) is 31.2 Å². The minimum Gasteiger partial charge on any atom is -0.496 e. The van der Waals surface area contributed by atoms with Gasteiger partial charge in [-0.25, -0.2) is 0 Å². The van der Waals surface area contributed by atoms with Gasteiger partial charge in [-0.3, -0.25) is 0 Å². The molecule has 3 heteroatoms. The fourth-order valence-electron chi connectivity index (χ4n) is 3.05. The van der Waals surface area contributed by atoms with Crippen LogP contribution in [0.2, 0.25) is 0 Å². The molecule has 0 spiro atoms. The summed E-state index contributed by atoms with van der Waals surface area (Å²) in [6.45, 7) is 9.15. The first-order chi connectivity index (χ1) is 10.2. The van der Waals surface area contributed by atoms with Crippen LogP contribution in [-0.2, 0) is 0 Å². The summed E-state index contributed by atoms with van der Waals surface area (Å²) < 4.78 is 5.55. The predicted octanol–water partition coefficient (Wildman–Crippen LogP) is 3.47. The van der Waals surface area contributed by atoms with Gasteiger partial charge < -0.3 is 15.0 Å². The molecule has 2 rings (SSSR count). The number of nitrogens with zero attached hydrogens (tertiary/aromatic N) is 1. The first-order valence-corrected chi connectivity index (χ1v) is 8.33. The Balaban J connectivity index is 2.06. The van der Waals surface area contributed by atoms with Crippen LogP contribution in [0.5, 0.6) is 5.75 Å². The maximum absolute atomic E-state index is 5.55. The van der Waals surface area contributed by atoms with Crippen molar-refractivity contribution in [2.75, 3.05) is 33.3 Å². The summed E-state index contributed by atoms with van der Waals surface area (Å²) in [7, 11) is 1.76. The van der Waals surface area contributed by atoms with E-state index < -0.39 is 0 Å². The summed E-state index contributed by atoms with van der Waals surface area (Å²) in [4.78, 5) is 2.60. The third kappa shape index (κ3) is 4.72. The Hall–Kier alpha value is -1.06. The van der Waals surface area contributed by atoms with Crippen molar-refractivity contribution >= 4 is 0 Å². The lowest BCUT2D eigenvalue weighted by atomic mass is 9.97. The number of piperidine rings is 1. The summed E-state index contributed by atoms with van der Waals surface area (Å²) >= 11 is 0. The van der Waals surface area contributed by atoms with Crippen molar-refractivity contribution in [2.45, 2.75) is 39.2 Å². The van der Waals surface area contributed by atoms with Crippen LogP contribution in [0.1, 0.15) is 44.7 Å². The van der Waals surface area contributed by atoms with E-state index in [9.17, 15) is 0 Å². The fourth-order valence-corrected chi connectivity index (χ4v) is 3.05. The molecule has 1 aromatic carbocycles. The SMILES string of the molecule is CCCNC(CN1CCC(C)CC1)c1ccccc1OC. The van der Waals surface area contributed by atoms with Crippen LogP contribution in [0.4, 0.5) is 0 Å². The first-order valence-electron chi connectivity index (χ1n) is 8.33. The van der Waals surface area contributed by atoms with E-state index in [2.05, 4.69) is 42.3 Å². The summed E-state index contributed by atoms with van der Waals surface area (Å²) in [5, 5.41) is 3.70. The number of para-hydroxylation sites is 1. The quantitative estimate of drug-likeness (QED) is 0.832. The Labute approximate surface area is 129 Å². The topological polar surface area (TPSA) is 24.5 Å². The summed E-state index contributed by atoms with van der Waals surface area (Å²) in [6, 6.07) is 8.76. The number of hydrogen-bond donors (Lipinski definition) is 1. The van der Waals surface area contributed by atoms with Crippen molar-refractivity contribution in [1.29, 1.82) is 0 Å². The molecule has 0 saturated carbocycles. The molecule has 0 aliphatic carbocycles. The highest BCUT2D eigenvalue weighted by atomic mass is 16.5. The second-order valence-electron chi connectivity index (χ2n) is 6.23. The first kappa shape index (κ1) is 16.3. The van der Waals surface area contributed by atoms with Crippen molar-refractivity contribution < 1.29 is 4.74 Å². The van der Waals surface area contributed by atoms with Gasteiger partial charge in [0.05, 0.1) is 7.11 Å². The normalized spacial score (nSPS) is 18.6. The van der Waals surface area contributed by atoms with E-state index in [4.69, 9.17) is 4.74 Å². The smallest absolute Gasteiger partial charge is 0.123 e. The minimum atomic E-state index is 0.356. The maximum Gasteiger partial charge on any atom is 0.123 e. The Kier molecular flexibility index (Phi) is 6.52. The van der Waals surface area contributed by atoms with E-state index in [1.165, 1.54) is 31.5 Å². The standard InChI is InChI=1S/C18H30N2O/c1-4-11-19-17(14-20-12-9-15(2)10-13-20)16-7-5-6-8-18(16)21-3/h5-8,15,17,19H,4,9-14H2,1-3H3. The molecule has 3 nitrogen and oxygen atoms in total. The van der Waals surface area contributed by atoms with Crippen molar-refractivity contribution in [1.82, 2.24) is 10.2 Å². The lowest BCUT2D eigenvalue weighted by Crippen LogP contribution is -2.40. The van der Waals surface area contributed by atoms with Gasteiger partial charge in [0.2, 0.25) is 0 Å². The molecule has 0 bridgehead atoms. The number of nitrogens with one attached hydrogen (secondary N) is 1. The van der Waals surface area contributed by atoms with Crippen LogP contribution in [0, 0.1) is 5.92 Å². The predicted molar refractivity (Wildman–Crippen MR) is 88.9 cm³/mol. The Morgan fingerprint density at radius 1 is 1.29 bits per heavy atom. The van der Waals surface area contributed by atoms with Gasteiger partial charge in [-0.15, -0.1) is 0 Å². The van der Waals surface area contributed by atoms with Gasteiger partial charge in [-0.2, -0.15) is 0 Å². The van der Waals surface area contributed by atoms with E-state index in [0.29, 0.717) is 6.04 Å². The van der Waals surface area contributed by atoms with E-state index in [1.54, 1.807) is 7.11 Å². The summed E-state index contributed by atoms with van der Waals surface area (Å²) in [5.74, 6) is 1.88.